The van der Waals surface area contributed by atoms with Crippen molar-refractivity contribution in [3.8, 4) is 0 Å². The molecule has 2 bridgehead atoms. The highest BCUT2D eigenvalue weighted by atomic mass is 32.2. The molecule has 2 unspecified atom stereocenters. The fraction of sp³-hybridized carbons (Fsp3) is 0.176. The van der Waals surface area contributed by atoms with Crippen LogP contribution < -0.4 is 5.73 Å². The van der Waals surface area contributed by atoms with Crippen LogP contribution >= 0.6 is 0 Å². The monoisotopic (exact) mass is 394 g/mol. The van der Waals surface area contributed by atoms with Crippen LogP contribution in [0.25, 0.3) is 0 Å². The predicted octanol–water partition coefficient (Wildman–Crippen LogP) is 2.76. The van der Waals surface area contributed by atoms with Gasteiger partial charge in [0.25, 0.3) is 0 Å². The molecule has 0 radical (unpaired) electrons. The molecule has 0 amide bonds. The van der Waals surface area contributed by atoms with Crippen molar-refractivity contribution in [1.29, 1.82) is 5.41 Å². The van der Waals surface area contributed by atoms with Gasteiger partial charge < -0.3 is 11.1 Å². The maximum atomic E-state index is 13.2. The molecule has 3 N–H and O–H groups in total. The molecule has 2 atom stereocenters. The molecule has 2 aliphatic rings. The van der Waals surface area contributed by atoms with Crippen molar-refractivity contribution in [2.45, 2.75) is 23.2 Å². The van der Waals surface area contributed by atoms with Gasteiger partial charge >= 0.3 is 6.18 Å². The van der Waals surface area contributed by atoms with E-state index in [2.05, 4.69) is 4.98 Å². The SMILES string of the molecule is N=CC1=C(N)C2c3ccccc3C1N2S(=O)(=O)c1ccc(C(F)(F)F)nc1. The summed E-state index contributed by atoms with van der Waals surface area (Å²) in [6.45, 7) is 0. The fourth-order valence-corrected chi connectivity index (χ4v) is 5.30. The van der Waals surface area contributed by atoms with Crippen molar-refractivity contribution in [2.75, 3.05) is 0 Å². The van der Waals surface area contributed by atoms with Gasteiger partial charge in [0.2, 0.25) is 10.0 Å². The summed E-state index contributed by atoms with van der Waals surface area (Å²) in [6, 6.07) is 6.94. The minimum Gasteiger partial charge on any atom is -0.400 e. The third-order valence-corrected chi connectivity index (χ3v) is 6.59. The summed E-state index contributed by atoms with van der Waals surface area (Å²) in [5.74, 6) is 0. The number of sulfonamides is 1. The Hall–Kier alpha value is -2.72. The van der Waals surface area contributed by atoms with Gasteiger partial charge in [0, 0.05) is 23.7 Å². The first-order valence-electron chi connectivity index (χ1n) is 7.83. The van der Waals surface area contributed by atoms with Crippen molar-refractivity contribution in [3.05, 3.63) is 70.7 Å². The summed E-state index contributed by atoms with van der Waals surface area (Å²) in [4.78, 5) is 2.88. The zero-order chi connectivity index (χ0) is 19.6. The quantitative estimate of drug-likeness (QED) is 0.782. The van der Waals surface area contributed by atoms with E-state index in [9.17, 15) is 21.6 Å². The molecule has 4 rings (SSSR count). The maximum Gasteiger partial charge on any atom is 0.433 e. The molecule has 27 heavy (non-hydrogen) atoms. The molecule has 0 saturated heterocycles. The molecule has 6 nitrogen and oxygen atoms in total. The first-order chi connectivity index (χ1) is 12.7. The topological polar surface area (TPSA) is 100 Å². The van der Waals surface area contributed by atoms with Gasteiger partial charge in [0.1, 0.15) is 10.6 Å². The van der Waals surface area contributed by atoms with Crippen LogP contribution in [0.4, 0.5) is 13.2 Å². The molecule has 1 aromatic carbocycles. The van der Waals surface area contributed by atoms with Crippen LogP contribution in [-0.4, -0.2) is 23.9 Å². The van der Waals surface area contributed by atoms with Crippen molar-refractivity contribution in [2.24, 2.45) is 5.73 Å². The first-order valence-corrected chi connectivity index (χ1v) is 9.27. The van der Waals surface area contributed by atoms with Crippen LogP contribution in [0.2, 0.25) is 0 Å². The predicted molar refractivity (Wildman–Crippen MR) is 90.2 cm³/mol. The lowest BCUT2D eigenvalue weighted by Crippen LogP contribution is -2.31. The van der Waals surface area contributed by atoms with E-state index in [1.807, 2.05) is 0 Å². The summed E-state index contributed by atoms with van der Waals surface area (Å²) in [6.07, 6.45) is -2.95. The molecule has 0 aliphatic carbocycles. The third-order valence-electron chi connectivity index (χ3n) is 4.77. The maximum absolute atomic E-state index is 13.2. The molecule has 3 heterocycles. The minimum atomic E-state index is -4.66. The van der Waals surface area contributed by atoms with Gasteiger partial charge in [-0.15, -0.1) is 0 Å². The Bertz CT molecular complexity index is 1080. The molecule has 0 fully saturated rings. The summed E-state index contributed by atoms with van der Waals surface area (Å²) >= 11 is 0. The average Bonchev–Trinajstić information content (AvgIpc) is 3.12. The van der Waals surface area contributed by atoms with Crippen LogP contribution in [-0.2, 0) is 16.2 Å². The Morgan fingerprint density at radius 1 is 1.11 bits per heavy atom. The van der Waals surface area contributed by atoms with Crippen LogP contribution in [0.3, 0.4) is 0 Å². The summed E-state index contributed by atoms with van der Waals surface area (Å²) in [5.41, 5.74) is 6.94. The number of nitrogens with zero attached hydrogens (tertiary/aromatic N) is 2. The van der Waals surface area contributed by atoms with E-state index in [0.29, 0.717) is 29.0 Å². The number of hydrogen-bond donors (Lipinski definition) is 2. The number of aromatic nitrogens is 1. The molecule has 1 aromatic heterocycles. The second-order valence-corrected chi connectivity index (χ2v) is 8.04. The highest BCUT2D eigenvalue weighted by molar-refractivity contribution is 7.89. The number of pyridine rings is 1. The van der Waals surface area contributed by atoms with Crippen molar-refractivity contribution in [1.82, 2.24) is 9.29 Å². The van der Waals surface area contributed by atoms with E-state index < -0.39 is 34.0 Å². The molecular formula is C17H13F3N4O2S. The van der Waals surface area contributed by atoms with E-state index in [0.717, 1.165) is 16.6 Å². The van der Waals surface area contributed by atoms with E-state index in [1.54, 1.807) is 24.3 Å². The number of nitrogens with one attached hydrogen (secondary N) is 1. The normalized spacial score (nSPS) is 22.2. The Kier molecular flexibility index (Phi) is 3.69. The van der Waals surface area contributed by atoms with Gasteiger partial charge in [-0.25, -0.2) is 8.42 Å². The third kappa shape index (κ3) is 2.40. The lowest BCUT2D eigenvalue weighted by molar-refractivity contribution is -0.141. The lowest BCUT2D eigenvalue weighted by Gasteiger charge is -2.23. The summed E-state index contributed by atoms with van der Waals surface area (Å²) < 4.78 is 65.6. The van der Waals surface area contributed by atoms with E-state index in [-0.39, 0.29) is 10.6 Å². The number of hydrogen-bond acceptors (Lipinski definition) is 5. The lowest BCUT2D eigenvalue weighted by atomic mass is 9.90. The Labute approximate surface area is 152 Å². The molecule has 10 heteroatoms. The smallest absolute Gasteiger partial charge is 0.400 e. The van der Waals surface area contributed by atoms with Gasteiger partial charge in [-0.2, -0.15) is 17.5 Å². The Morgan fingerprint density at radius 3 is 2.26 bits per heavy atom. The Balaban J connectivity index is 1.81. The number of nitrogens with two attached hydrogens (primary N) is 1. The van der Waals surface area contributed by atoms with Crippen molar-refractivity contribution < 1.29 is 21.6 Å². The second-order valence-electron chi connectivity index (χ2n) is 6.20. The molecule has 0 spiro atoms. The standard InChI is InChI=1S/C17H13F3N4O2S/c18-17(19,20)13-6-5-9(8-23-13)27(25,26)24-15-10-3-1-2-4-11(10)16(24)14(22)12(15)7-21/h1-8,15-16,21H,22H2. The van der Waals surface area contributed by atoms with Crippen LogP contribution in [0, 0.1) is 5.41 Å². The van der Waals surface area contributed by atoms with Crippen molar-refractivity contribution in [3.63, 3.8) is 0 Å². The van der Waals surface area contributed by atoms with Gasteiger partial charge in [0.15, 0.2) is 0 Å². The van der Waals surface area contributed by atoms with Gasteiger partial charge in [-0.1, -0.05) is 24.3 Å². The minimum absolute atomic E-state index is 0.247. The van der Waals surface area contributed by atoms with Gasteiger partial charge in [-0.05, 0) is 23.3 Å². The Morgan fingerprint density at radius 2 is 1.74 bits per heavy atom. The molecule has 140 valence electrons. The van der Waals surface area contributed by atoms with E-state index >= 15 is 0 Å². The summed E-state index contributed by atoms with van der Waals surface area (Å²) in [7, 11) is -4.20. The molecular weight excluding hydrogens is 381 g/mol. The number of fused-ring (bicyclic) bond motifs is 5. The average molecular weight is 394 g/mol. The number of rotatable bonds is 3. The first kappa shape index (κ1) is 17.7. The number of benzene rings is 1. The van der Waals surface area contributed by atoms with Crippen molar-refractivity contribution >= 4 is 16.2 Å². The highest BCUT2D eigenvalue weighted by Gasteiger charge is 2.53. The zero-order valence-electron chi connectivity index (χ0n) is 13.6. The van der Waals surface area contributed by atoms with E-state index in [1.165, 1.54) is 0 Å². The number of halogens is 3. The van der Waals surface area contributed by atoms with Gasteiger partial charge in [-0.3, -0.25) is 4.98 Å². The molecule has 0 saturated carbocycles. The summed E-state index contributed by atoms with van der Waals surface area (Å²) in [5, 5.41) is 7.60. The number of alkyl halides is 3. The van der Waals surface area contributed by atoms with E-state index in [4.69, 9.17) is 11.1 Å². The highest BCUT2D eigenvalue weighted by Crippen LogP contribution is 2.56. The van der Waals surface area contributed by atoms with Crippen LogP contribution in [0.1, 0.15) is 28.9 Å². The van der Waals surface area contributed by atoms with Crippen LogP contribution in [0.15, 0.2) is 58.8 Å². The fourth-order valence-electron chi connectivity index (χ4n) is 3.62. The molecule has 2 aromatic rings. The van der Waals surface area contributed by atoms with Gasteiger partial charge in [0.05, 0.1) is 12.1 Å². The van der Waals surface area contributed by atoms with Crippen LogP contribution in [0.5, 0.6) is 0 Å². The molecule has 2 aliphatic heterocycles. The largest absolute Gasteiger partial charge is 0.433 e. The zero-order valence-corrected chi connectivity index (χ0v) is 14.4. The second kappa shape index (κ2) is 5.64.